The summed E-state index contributed by atoms with van der Waals surface area (Å²) >= 11 is 1.38. The van der Waals surface area contributed by atoms with Gasteiger partial charge in [0, 0.05) is 11.9 Å². The molecule has 6 heteroatoms. The van der Waals surface area contributed by atoms with E-state index < -0.39 is 10.0 Å². The van der Waals surface area contributed by atoms with Gasteiger partial charge in [-0.05, 0) is 38.5 Å². The Kier molecular flexibility index (Phi) is 4.67. The van der Waals surface area contributed by atoms with E-state index in [-0.39, 0.29) is 4.90 Å². The third kappa shape index (κ3) is 3.60. The number of thiazole rings is 1. The fourth-order valence-corrected chi connectivity index (χ4v) is 4.85. The summed E-state index contributed by atoms with van der Waals surface area (Å²) in [6, 6.07) is 14.9. The van der Waals surface area contributed by atoms with Gasteiger partial charge in [-0.25, -0.2) is 0 Å². The highest BCUT2D eigenvalue weighted by atomic mass is 32.2. The number of aromatic nitrogens is 1. The minimum Gasteiger partial charge on any atom is -0.319 e. The Morgan fingerprint density at radius 1 is 0.880 bits per heavy atom. The summed E-state index contributed by atoms with van der Waals surface area (Å²) in [6.07, 6.45) is 0. The van der Waals surface area contributed by atoms with Gasteiger partial charge in [-0.15, -0.1) is 15.7 Å². The van der Waals surface area contributed by atoms with Crippen LogP contribution in [0.3, 0.4) is 0 Å². The van der Waals surface area contributed by atoms with Gasteiger partial charge in [0.05, 0.1) is 10.6 Å². The standard InChI is InChI=1S/C19H20N2O2S2/c1-13-5-9-16(10-6-13)18-15(3)24-19(21(18)4)20-25(22,23)17-11-7-14(2)8-12-17/h5-12H,1-4H3. The maximum absolute atomic E-state index is 12.6. The van der Waals surface area contributed by atoms with Crippen LogP contribution in [0.25, 0.3) is 11.3 Å². The topological polar surface area (TPSA) is 51.4 Å². The lowest BCUT2D eigenvalue weighted by atomic mass is 10.1. The molecule has 3 aromatic rings. The van der Waals surface area contributed by atoms with Gasteiger partial charge in [-0.1, -0.05) is 47.5 Å². The summed E-state index contributed by atoms with van der Waals surface area (Å²) in [4.78, 5) is 1.71. The van der Waals surface area contributed by atoms with E-state index in [1.165, 1.54) is 16.9 Å². The highest BCUT2D eigenvalue weighted by molar-refractivity contribution is 7.90. The fraction of sp³-hybridized carbons (Fsp3) is 0.211. The summed E-state index contributed by atoms with van der Waals surface area (Å²) in [7, 11) is -1.88. The predicted octanol–water partition coefficient (Wildman–Crippen LogP) is 3.97. The van der Waals surface area contributed by atoms with Crippen molar-refractivity contribution < 1.29 is 8.42 Å². The van der Waals surface area contributed by atoms with Crippen molar-refractivity contribution >= 4 is 21.4 Å². The summed E-state index contributed by atoms with van der Waals surface area (Å²) in [5, 5.41) is 0. The Bertz CT molecular complexity index is 1070. The maximum Gasteiger partial charge on any atom is 0.285 e. The number of aryl methyl sites for hydroxylation is 3. The summed E-state index contributed by atoms with van der Waals surface area (Å²) < 4.78 is 31.1. The normalized spacial score (nSPS) is 12.6. The minimum atomic E-state index is -3.73. The zero-order valence-corrected chi connectivity index (χ0v) is 16.3. The molecule has 0 N–H and O–H groups in total. The monoisotopic (exact) mass is 372 g/mol. The third-order valence-electron chi connectivity index (χ3n) is 4.04. The van der Waals surface area contributed by atoms with Crippen molar-refractivity contribution in [1.82, 2.24) is 4.57 Å². The lowest BCUT2D eigenvalue weighted by molar-refractivity contribution is 0.596. The van der Waals surface area contributed by atoms with Gasteiger partial charge in [0.2, 0.25) is 4.80 Å². The number of nitrogens with zero attached hydrogens (tertiary/aromatic N) is 2. The Morgan fingerprint density at radius 3 is 1.96 bits per heavy atom. The van der Waals surface area contributed by atoms with Gasteiger partial charge < -0.3 is 4.57 Å². The highest BCUT2D eigenvalue weighted by Crippen LogP contribution is 2.25. The zero-order valence-electron chi connectivity index (χ0n) is 14.6. The molecule has 0 aliphatic heterocycles. The van der Waals surface area contributed by atoms with Crippen molar-refractivity contribution in [2.75, 3.05) is 0 Å². The molecule has 0 fully saturated rings. The molecule has 2 aromatic carbocycles. The van der Waals surface area contributed by atoms with E-state index in [2.05, 4.69) is 4.40 Å². The fourth-order valence-electron chi connectivity index (χ4n) is 2.64. The second-order valence-corrected chi connectivity index (χ2v) is 8.88. The number of hydrogen-bond acceptors (Lipinski definition) is 3. The average molecular weight is 373 g/mol. The van der Waals surface area contributed by atoms with Gasteiger partial charge in [-0.3, -0.25) is 0 Å². The van der Waals surface area contributed by atoms with Crippen molar-refractivity contribution in [2.24, 2.45) is 11.4 Å². The van der Waals surface area contributed by atoms with E-state index in [9.17, 15) is 8.42 Å². The van der Waals surface area contributed by atoms with Crippen molar-refractivity contribution in [3.8, 4) is 11.3 Å². The molecule has 0 saturated carbocycles. The first kappa shape index (κ1) is 17.6. The molecule has 25 heavy (non-hydrogen) atoms. The third-order valence-corrected chi connectivity index (χ3v) is 6.49. The van der Waals surface area contributed by atoms with Gasteiger partial charge >= 0.3 is 0 Å². The molecule has 0 spiro atoms. The van der Waals surface area contributed by atoms with Crippen molar-refractivity contribution in [3.63, 3.8) is 0 Å². The van der Waals surface area contributed by atoms with E-state index in [4.69, 9.17) is 0 Å². The first-order valence-corrected chi connectivity index (χ1v) is 10.1. The van der Waals surface area contributed by atoms with Gasteiger partial charge in [0.1, 0.15) is 0 Å². The molecule has 0 aliphatic rings. The lowest BCUT2D eigenvalue weighted by Crippen LogP contribution is -2.14. The number of rotatable bonds is 3. The first-order valence-electron chi connectivity index (χ1n) is 7.89. The SMILES string of the molecule is Cc1ccc(-c2c(C)sc(=NS(=O)(=O)c3ccc(C)cc3)n2C)cc1. The Labute approximate surface area is 152 Å². The quantitative estimate of drug-likeness (QED) is 0.698. The Hall–Kier alpha value is -2.18. The van der Waals surface area contributed by atoms with Gasteiger partial charge in [0.15, 0.2) is 0 Å². The van der Waals surface area contributed by atoms with Crippen molar-refractivity contribution in [1.29, 1.82) is 0 Å². The first-order chi connectivity index (χ1) is 11.8. The zero-order chi connectivity index (χ0) is 18.2. The summed E-state index contributed by atoms with van der Waals surface area (Å²) in [5.74, 6) is 0. The van der Waals surface area contributed by atoms with Crippen LogP contribution < -0.4 is 4.80 Å². The van der Waals surface area contributed by atoms with Crippen LogP contribution in [0.15, 0.2) is 57.8 Å². The molecule has 0 saturated heterocycles. The number of hydrogen-bond donors (Lipinski definition) is 0. The van der Waals surface area contributed by atoms with Crippen LogP contribution in [-0.2, 0) is 17.1 Å². The summed E-state index contributed by atoms with van der Waals surface area (Å²) in [5.41, 5.74) is 4.24. The molecule has 0 atom stereocenters. The van der Waals surface area contributed by atoms with Gasteiger partial charge in [-0.2, -0.15) is 8.42 Å². The highest BCUT2D eigenvalue weighted by Gasteiger charge is 2.15. The molecule has 1 heterocycles. The number of sulfonamides is 1. The second-order valence-electron chi connectivity index (χ2n) is 6.09. The molecule has 0 radical (unpaired) electrons. The van der Waals surface area contributed by atoms with E-state index in [1.807, 2.05) is 56.7 Å². The molecule has 0 bridgehead atoms. The van der Waals surface area contributed by atoms with Gasteiger partial charge in [0.25, 0.3) is 10.0 Å². The molecular weight excluding hydrogens is 352 g/mol. The molecular formula is C19H20N2O2S2. The van der Waals surface area contributed by atoms with Crippen LogP contribution >= 0.6 is 11.3 Å². The lowest BCUT2D eigenvalue weighted by Gasteiger charge is -2.05. The second kappa shape index (κ2) is 6.61. The van der Waals surface area contributed by atoms with E-state index in [1.54, 1.807) is 24.3 Å². The molecule has 4 nitrogen and oxygen atoms in total. The number of benzene rings is 2. The van der Waals surface area contributed by atoms with Crippen LogP contribution in [0.4, 0.5) is 0 Å². The molecule has 3 rings (SSSR count). The average Bonchev–Trinajstić information content (AvgIpc) is 2.82. The minimum absolute atomic E-state index is 0.209. The van der Waals surface area contributed by atoms with Crippen LogP contribution in [0.1, 0.15) is 16.0 Å². The van der Waals surface area contributed by atoms with E-state index in [0.717, 1.165) is 21.7 Å². The van der Waals surface area contributed by atoms with Crippen LogP contribution in [0.5, 0.6) is 0 Å². The predicted molar refractivity (Wildman–Crippen MR) is 102 cm³/mol. The van der Waals surface area contributed by atoms with E-state index in [0.29, 0.717) is 4.80 Å². The van der Waals surface area contributed by atoms with Crippen LogP contribution in [0, 0.1) is 20.8 Å². The largest absolute Gasteiger partial charge is 0.319 e. The molecule has 0 unspecified atom stereocenters. The molecule has 130 valence electrons. The Morgan fingerprint density at radius 2 is 1.40 bits per heavy atom. The molecule has 0 aliphatic carbocycles. The molecule has 0 amide bonds. The van der Waals surface area contributed by atoms with Crippen LogP contribution in [-0.4, -0.2) is 13.0 Å². The van der Waals surface area contributed by atoms with Crippen molar-refractivity contribution in [2.45, 2.75) is 25.7 Å². The Balaban J connectivity index is 2.12. The molecule has 1 aromatic heterocycles. The van der Waals surface area contributed by atoms with Crippen LogP contribution in [0.2, 0.25) is 0 Å². The van der Waals surface area contributed by atoms with E-state index >= 15 is 0 Å². The summed E-state index contributed by atoms with van der Waals surface area (Å²) in [6.45, 7) is 5.95. The van der Waals surface area contributed by atoms with Crippen molar-refractivity contribution in [3.05, 3.63) is 69.3 Å². The maximum atomic E-state index is 12.6. The smallest absolute Gasteiger partial charge is 0.285 e.